The molecule has 0 radical (unpaired) electrons. The molecule has 2 fully saturated rings. The minimum absolute atomic E-state index is 0.158. The summed E-state index contributed by atoms with van der Waals surface area (Å²) < 4.78 is 32.3. The first-order chi connectivity index (χ1) is 9.54. The maximum absolute atomic E-state index is 13.7. The molecule has 5 heteroatoms. The Morgan fingerprint density at radius 1 is 1.50 bits per heavy atom. The highest BCUT2D eigenvalue weighted by atomic mass is 19.1. The third-order valence-corrected chi connectivity index (χ3v) is 4.30. The first-order valence-corrected chi connectivity index (χ1v) is 7.39. The number of allylic oxidation sites excluding steroid dienone is 1. The highest BCUT2D eigenvalue weighted by Crippen LogP contribution is 2.43. The van der Waals surface area contributed by atoms with E-state index in [0.29, 0.717) is 19.3 Å². The van der Waals surface area contributed by atoms with Crippen LogP contribution in [0.25, 0.3) is 0 Å². The van der Waals surface area contributed by atoms with Gasteiger partial charge in [0.25, 0.3) is 0 Å². The summed E-state index contributed by atoms with van der Waals surface area (Å²) in [5.41, 5.74) is 0. The lowest BCUT2D eigenvalue weighted by molar-refractivity contribution is -0.145. The highest BCUT2D eigenvalue weighted by Gasteiger charge is 2.51. The van der Waals surface area contributed by atoms with E-state index in [1.807, 2.05) is 6.92 Å². The lowest BCUT2D eigenvalue weighted by Gasteiger charge is -2.16. The predicted molar refractivity (Wildman–Crippen MR) is 70.6 cm³/mol. The third-order valence-electron chi connectivity index (χ3n) is 4.30. The van der Waals surface area contributed by atoms with Crippen LogP contribution in [0.3, 0.4) is 0 Å². The van der Waals surface area contributed by atoms with Gasteiger partial charge in [0.15, 0.2) is 0 Å². The van der Waals surface area contributed by atoms with Gasteiger partial charge >= 0.3 is 5.97 Å². The van der Waals surface area contributed by atoms with E-state index in [1.54, 1.807) is 6.08 Å². The molecule has 1 aliphatic carbocycles. The van der Waals surface area contributed by atoms with Crippen LogP contribution in [-0.2, 0) is 9.53 Å². The van der Waals surface area contributed by atoms with E-state index in [1.165, 1.54) is 6.08 Å². The number of hydrogen-bond donors (Lipinski definition) is 1. The van der Waals surface area contributed by atoms with Crippen molar-refractivity contribution in [3.8, 4) is 0 Å². The smallest absolute Gasteiger partial charge is 0.341 e. The molecule has 1 N–H and O–H groups in total. The average Bonchev–Trinajstić information content (AvgIpc) is 2.95. The van der Waals surface area contributed by atoms with Gasteiger partial charge in [0.05, 0.1) is 0 Å². The van der Waals surface area contributed by atoms with Crippen LogP contribution in [0.4, 0.5) is 8.78 Å². The average molecular weight is 288 g/mol. The molecule has 6 atom stereocenters. The first-order valence-electron chi connectivity index (χ1n) is 7.39. The SMILES string of the molecule is CCCCC(F)C(O)C=CC1CCC2OC(=O)C(F)C12. The molecule has 0 amide bonds. The monoisotopic (exact) mass is 288 g/mol. The number of fused-ring (bicyclic) bond motifs is 1. The highest BCUT2D eigenvalue weighted by molar-refractivity contribution is 5.77. The second kappa shape index (κ2) is 6.66. The van der Waals surface area contributed by atoms with E-state index < -0.39 is 30.3 Å². The lowest BCUT2D eigenvalue weighted by atomic mass is 9.91. The maximum Gasteiger partial charge on any atom is 0.341 e. The van der Waals surface area contributed by atoms with Gasteiger partial charge < -0.3 is 9.84 Å². The van der Waals surface area contributed by atoms with E-state index in [4.69, 9.17) is 4.74 Å². The molecule has 2 rings (SSSR count). The van der Waals surface area contributed by atoms with Crippen molar-refractivity contribution in [2.45, 2.75) is 63.6 Å². The summed E-state index contributed by atoms with van der Waals surface area (Å²) in [5, 5.41) is 9.71. The molecule has 1 aliphatic heterocycles. The number of aliphatic hydroxyl groups is 1. The first kappa shape index (κ1) is 15.4. The van der Waals surface area contributed by atoms with E-state index in [2.05, 4.69) is 0 Å². The Labute approximate surface area is 118 Å². The number of carbonyl (C=O) groups excluding carboxylic acids is 1. The van der Waals surface area contributed by atoms with Crippen molar-refractivity contribution in [3.05, 3.63) is 12.2 Å². The number of hydrogen-bond acceptors (Lipinski definition) is 3. The molecular weight excluding hydrogens is 266 g/mol. The van der Waals surface area contributed by atoms with E-state index in [0.717, 1.165) is 12.8 Å². The summed E-state index contributed by atoms with van der Waals surface area (Å²) in [7, 11) is 0. The molecule has 0 spiro atoms. The normalized spacial score (nSPS) is 36.1. The van der Waals surface area contributed by atoms with Crippen molar-refractivity contribution in [1.29, 1.82) is 0 Å². The molecule has 6 unspecified atom stereocenters. The van der Waals surface area contributed by atoms with Gasteiger partial charge in [-0.2, -0.15) is 0 Å². The summed E-state index contributed by atoms with van der Waals surface area (Å²) in [6.07, 6.45) is 1.96. The quantitative estimate of drug-likeness (QED) is 0.604. The molecule has 1 heterocycles. The van der Waals surface area contributed by atoms with Gasteiger partial charge in [0, 0.05) is 5.92 Å². The van der Waals surface area contributed by atoms with Crippen LogP contribution in [0, 0.1) is 11.8 Å². The number of rotatable bonds is 6. The summed E-state index contributed by atoms with van der Waals surface area (Å²) in [6, 6.07) is 0. The van der Waals surface area contributed by atoms with Gasteiger partial charge in [-0.05, 0) is 25.2 Å². The molecule has 0 bridgehead atoms. The number of carbonyl (C=O) groups is 1. The number of aliphatic hydroxyl groups excluding tert-OH is 1. The molecular formula is C15H22F2O3. The van der Waals surface area contributed by atoms with Crippen molar-refractivity contribution in [1.82, 2.24) is 0 Å². The van der Waals surface area contributed by atoms with Gasteiger partial charge in [0.1, 0.15) is 18.4 Å². The zero-order chi connectivity index (χ0) is 14.7. The number of halogens is 2. The fourth-order valence-corrected chi connectivity index (χ4v) is 3.10. The van der Waals surface area contributed by atoms with Crippen molar-refractivity contribution in [2.24, 2.45) is 11.8 Å². The van der Waals surface area contributed by atoms with Crippen molar-refractivity contribution >= 4 is 5.97 Å². The van der Waals surface area contributed by atoms with Gasteiger partial charge in [-0.15, -0.1) is 0 Å². The van der Waals surface area contributed by atoms with Crippen LogP contribution in [0.15, 0.2) is 12.2 Å². The maximum atomic E-state index is 13.7. The topological polar surface area (TPSA) is 46.5 Å². The van der Waals surface area contributed by atoms with Crippen LogP contribution in [0.1, 0.15) is 39.0 Å². The number of alkyl halides is 2. The van der Waals surface area contributed by atoms with Crippen LogP contribution in [-0.4, -0.2) is 35.6 Å². The van der Waals surface area contributed by atoms with Gasteiger partial charge in [-0.3, -0.25) is 0 Å². The zero-order valence-corrected chi connectivity index (χ0v) is 11.7. The van der Waals surface area contributed by atoms with Crippen LogP contribution < -0.4 is 0 Å². The lowest BCUT2D eigenvalue weighted by Crippen LogP contribution is -2.24. The molecule has 20 heavy (non-hydrogen) atoms. The molecule has 0 aromatic heterocycles. The fraction of sp³-hybridized carbons (Fsp3) is 0.800. The predicted octanol–water partition coefficient (Wildman–Crippen LogP) is 2.72. The Kier molecular flexibility index (Phi) is 5.13. The van der Waals surface area contributed by atoms with Gasteiger partial charge in [-0.1, -0.05) is 31.9 Å². The Bertz CT molecular complexity index is 372. The second-order valence-electron chi connectivity index (χ2n) is 5.73. The molecule has 1 saturated heterocycles. The Hall–Kier alpha value is -0.970. The van der Waals surface area contributed by atoms with E-state index in [-0.39, 0.29) is 12.0 Å². The molecule has 0 aromatic rings. The van der Waals surface area contributed by atoms with Crippen LogP contribution in [0.5, 0.6) is 0 Å². The van der Waals surface area contributed by atoms with Gasteiger partial charge in [0.2, 0.25) is 6.17 Å². The summed E-state index contributed by atoms with van der Waals surface area (Å²) in [6.45, 7) is 1.96. The molecule has 2 aliphatic rings. The van der Waals surface area contributed by atoms with E-state index in [9.17, 15) is 18.7 Å². The minimum atomic E-state index is -1.59. The second-order valence-corrected chi connectivity index (χ2v) is 5.73. The van der Waals surface area contributed by atoms with Crippen LogP contribution in [0.2, 0.25) is 0 Å². The van der Waals surface area contributed by atoms with Crippen molar-refractivity contribution in [2.75, 3.05) is 0 Å². The molecule has 0 aromatic carbocycles. The largest absolute Gasteiger partial charge is 0.460 e. The number of ether oxygens (including phenoxy) is 1. The fourth-order valence-electron chi connectivity index (χ4n) is 3.10. The summed E-state index contributed by atoms with van der Waals surface area (Å²) >= 11 is 0. The van der Waals surface area contributed by atoms with Gasteiger partial charge in [-0.25, -0.2) is 13.6 Å². The zero-order valence-electron chi connectivity index (χ0n) is 11.7. The summed E-state index contributed by atoms with van der Waals surface area (Å²) in [5.74, 6) is -1.42. The van der Waals surface area contributed by atoms with Crippen molar-refractivity contribution in [3.63, 3.8) is 0 Å². The standard InChI is InChI=1S/C15H22F2O3/c1-2-3-4-10(16)11(18)7-5-9-6-8-12-13(9)14(17)15(19)20-12/h5,7,9-14,18H,2-4,6,8H2,1H3. The minimum Gasteiger partial charge on any atom is -0.460 e. The Balaban J connectivity index is 1.89. The van der Waals surface area contributed by atoms with E-state index >= 15 is 0 Å². The molecule has 114 valence electrons. The Morgan fingerprint density at radius 3 is 2.95 bits per heavy atom. The van der Waals surface area contributed by atoms with Crippen molar-refractivity contribution < 1.29 is 23.4 Å². The number of unbranched alkanes of at least 4 members (excludes halogenated alkanes) is 1. The molecule has 3 nitrogen and oxygen atoms in total. The Morgan fingerprint density at radius 2 is 2.25 bits per heavy atom. The van der Waals surface area contributed by atoms with Crippen LogP contribution >= 0.6 is 0 Å². The number of esters is 1. The molecule has 1 saturated carbocycles. The third kappa shape index (κ3) is 3.19. The summed E-state index contributed by atoms with van der Waals surface area (Å²) in [4.78, 5) is 11.2.